The highest BCUT2D eigenvalue weighted by Gasteiger charge is 2.18. The lowest BCUT2D eigenvalue weighted by molar-refractivity contribution is 0.651. The summed E-state index contributed by atoms with van der Waals surface area (Å²) in [6, 6.07) is 7.50. The van der Waals surface area contributed by atoms with Gasteiger partial charge in [0.25, 0.3) is 0 Å². The predicted molar refractivity (Wildman–Crippen MR) is 66.7 cm³/mol. The van der Waals surface area contributed by atoms with Crippen molar-refractivity contribution in [3.63, 3.8) is 0 Å². The van der Waals surface area contributed by atoms with Crippen LogP contribution in [0.15, 0.2) is 28.7 Å². The first-order valence-electron chi connectivity index (χ1n) is 5.35. The number of benzene rings is 1. The van der Waals surface area contributed by atoms with Gasteiger partial charge in [-0.05, 0) is 38.8 Å². The second-order valence-electron chi connectivity index (χ2n) is 4.38. The van der Waals surface area contributed by atoms with Crippen LogP contribution in [-0.4, -0.2) is 15.1 Å². The van der Waals surface area contributed by atoms with Crippen LogP contribution in [0.1, 0.15) is 33.3 Å². The average molecular weight is 224 g/mol. The Hall–Kier alpha value is -0.960. The van der Waals surface area contributed by atoms with Crippen LogP contribution >= 0.6 is 0 Å². The van der Waals surface area contributed by atoms with Crippen LogP contribution in [0.4, 0.5) is 0 Å². The number of rotatable bonds is 2. The largest absolute Gasteiger partial charge is 0.234 e. The maximum Gasteiger partial charge on any atom is 0.144 e. The molecule has 82 valence electrons. The quantitative estimate of drug-likeness (QED) is 0.710. The number of hydrogen-bond acceptors (Lipinski definition) is 1. The van der Waals surface area contributed by atoms with Crippen LogP contribution in [0, 0.1) is 6.92 Å². The Kier molecular flexibility index (Phi) is 3.31. The SMILES string of the molecule is [2H]/C(=N\S(=O)C(C)(C)C)c1ccccc1C. The van der Waals surface area contributed by atoms with Gasteiger partial charge in [0.15, 0.2) is 0 Å². The van der Waals surface area contributed by atoms with Crippen LogP contribution in [0.25, 0.3) is 0 Å². The zero-order valence-electron chi connectivity index (χ0n) is 10.6. The molecule has 1 atom stereocenters. The molecule has 0 amide bonds. The van der Waals surface area contributed by atoms with Crippen LogP contribution in [-0.2, 0) is 11.0 Å². The third-order valence-electron chi connectivity index (χ3n) is 1.92. The van der Waals surface area contributed by atoms with E-state index in [9.17, 15) is 4.21 Å². The lowest BCUT2D eigenvalue weighted by Gasteiger charge is -2.12. The number of nitrogens with zero attached hydrogens (tertiary/aromatic N) is 1. The van der Waals surface area contributed by atoms with Gasteiger partial charge in [-0.3, -0.25) is 0 Å². The molecule has 0 aliphatic rings. The fraction of sp³-hybridized carbons (Fsp3) is 0.417. The summed E-state index contributed by atoms with van der Waals surface area (Å²) in [6.45, 7) is 7.45. The van der Waals surface area contributed by atoms with Gasteiger partial charge in [-0.15, -0.1) is 0 Å². The summed E-state index contributed by atoms with van der Waals surface area (Å²) in [5, 5.41) is 0. The van der Waals surface area contributed by atoms with E-state index in [1.54, 1.807) is 0 Å². The van der Waals surface area contributed by atoms with Crippen molar-refractivity contribution in [3.05, 3.63) is 35.4 Å². The minimum Gasteiger partial charge on any atom is -0.234 e. The summed E-state index contributed by atoms with van der Waals surface area (Å²) in [6.07, 6.45) is 0.0892. The van der Waals surface area contributed by atoms with Gasteiger partial charge in [0, 0.05) is 6.19 Å². The van der Waals surface area contributed by atoms with Gasteiger partial charge in [0.1, 0.15) is 11.0 Å². The first-order valence-corrected chi connectivity index (χ1v) is 5.96. The van der Waals surface area contributed by atoms with Gasteiger partial charge in [0.2, 0.25) is 0 Å². The van der Waals surface area contributed by atoms with Crippen molar-refractivity contribution in [2.45, 2.75) is 32.4 Å². The van der Waals surface area contributed by atoms with Crippen molar-refractivity contribution in [1.29, 1.82) is 0 Å². The van der Waals surface area contributed by atoms with E-state index in [1.165, 1.54) is 0 Å². The van der Waals surface area contributed by atoms with Crippen molar-refractivity contribution < 1.29 is 5.58 Å². The molecule has 2 nitrogen and oxygen atoms in total. The van der Waals surface area contributed by atoms with Crippen molar-refractivity contribution in [3.8, 4) is 0 Å². The molecule has 1 aromatic rings. The molecule has 0 bridgehead atoms. The standard InChI is InChI=1S/C12H17NOS/c1-10-7-5-6-8-11(10)9-13-15(14)12(2,3)4/h5-9H,1-4H3/b13-9+/i9D. The molecule has 15 heavy (non-hydrogen) atoms. The molecule has 3 heteroatoms. The summed E-state index contributed by atoms with van der Waals surface area (Å²) in [5.41, 5.74) is 1.71. The lowest BCUT2D eigenvalue weighted by Crippen LogP contribution is -2.19. The molecule has 1 rings (SSSR count). The van der Waals surface area contributed by atoms with Crippen molar-refractivity contribution >= 4 is 17.2 Å². The van der Waals surface area contributed by atoms with Crippen molar-refractivity contribution in [2.24, 2.45) is 4.40 Å². The maximum absolute atomic E-state index is 11.8. The number of hydrogen-bond donors (Lipinski definition) is 0. The summed E-state index contributed by atoms with van der Waals surface area (Å²) in [4.78, 5) is 0. The van der Waals surface area contributed by atoms with Gasteiger partial charge in [-0.1, -0.05) is 24.3 Å². The zero-order chi connectivity index (χ0) is 12.3. The van der Waals surface area contributed by atoms with E-state index < -0.39 is 15.7 Å². The monoisotopic (exact) mass is 224 g/mol. The summed E-state index contributed by atoms with van der Waals surface area (Å²) in [5.74, 6) is 0. The first kappa shape index (κ1) is 10.6. The molecule has 0 saturated carbocycles. The summed E-state index contributed by atoms with van der Waals surface area (Å²) in [7, 11) is -1.38. The molecular formula is C12H17NOS. The van der Waals surface area contributed by atoms with E-state index in [-0.39, 0.29) is 6.19 Å². The minimum atomic E-state index is -1.38. The Bertz CT molecular complexity index is 435. The van der Waals surface area contributed by atoms with Crippen LogP contribution in [0.3, 0.4) is 0 Å². The molecular weight excluding hydrogens is 206 g/mol. The Morgan fingerprint density at radius 3 is 2.53 bits per heavy atom. The molecule has 0 radical (unpaired) electrons. The van der Waals surface area contributed by atoms with Crippen LogP contribution < -0.4 is 0 Å². The van der Waals surface area contributed by atoms with Crippen molar-refractivity contribution in [2.75, 3.05) is 0 Å². The zero-order valence-corrected chi connectivity index (χ0v) is 10.4. The average Bonchev–Trinajstić information content (AvgIpc) is 2.16. The minimum absolute atomic E-state index is 0.0892. The fourth-order valence-electron chi connectivity index (χ4n) is 0.926. The van der Waals surface area contributed by atoms with Gasteiger partial charge < -0.3 is 0 Å². The highest BCUT2D eigenvalue weighted by atomic mass is 32.2. The molecule has 0 heterocycles. The lowest BCUT2D eigenvalue weighted by atomic mass is 10.1. The number of aryl methyl sites for hydroxylation is 1. The normalized spacial score (nSPS) is 16.0. The van der Waals surface area contributed by atoms with Gasteiger partial charge in [-0.25, -0.2) is 4.21 Å². The second-order valence-corrected chi connectivity index (χ2v) is 6.29. The Balaban J connectivity index is 3.04. The van der Waals surface area contributed by atoms with E-state index in [4.69, 9.17) is 1.37 Å². The van der Waals surface area contributed by atoms with Crippen molar-refractivity contribution in [1.82, 2.24) is 0 Å². The molecule has 0 spiro atoms. The highest BCUT2D eigenvalue weighted by molar-refractivity contribution is 7.85. The van der Waals surface area contributed by atoms with E-state index in [0.717, 1.165) is 11.1 Å². The van der Waals surface area contributed by atoms with Gasteiger partial charge in [-0.2, -0.15) is 4.40 Å². The van der Waals surface area contributed by atoms with Crippen LogP contribution in [0.5, 0.6) is 0 Å². The smallest absolute Gasteiger partial charge is 0.144 e. The highest BCUT2D eigenvalue weighted by Crippen LogP contribution is 2.12. The Morgan fingerprint density at radius 2 is 2.00 bits per heavy atom. The third-order valence-corrected chi connectivity index (χ3v) is 3.22. The molecule has 0 N–H and O–H groups in total. The van der Waals surface area contributed by atoms with Crippen LogP contribution in [0.2, 0.25) is 0 Å². The maximum atomic E-state index is 11.8. The third kappa shape index (κ3) is 3.59. The molecule has 1 unspecified atom stereocenters. The molecule has 0 aliphatic carbocycles. The van der Waals surface area contributed by atoms with E-state index in [1.807, 2.05) is 52.0 Å². The van der Waals surface area contributed by atoms with Gasteiger partial charge in [0.05, 0.1) is 6.12 Å². The molecule has 0 aliphatic heterocycles. The summed E-state index contributed by atoms with van der Waals surface area (Å²) >= 11 is 0. The Morgan fingerprint density at radius 1 is 1.40 bits per heavy atom. The topological polar surface area (TPSA) is 29.4 Å². The predicted octanol–water partition coefficient (Wildman–Crippen LogP) is 2.88. The Labute approximate surface area is 95.4 Å². The molecule has 1 aromatic carbocycles. The summed E-state index contributed by atoms with van der Waals surface area (Å²) < 4.78 is 23.1. The van der Waals surface area contributed by atoms with Gasteiger partial charge >= 0.3 is 0 Å². The first-order chi connectivity index (χ1) is 7.32. The van der Waals surface area contributed by atoms with E-state index in [2.05, 4.69) is 4.40 Å². The molecule has 0 aromatic heterocycles. The fourth-order valence-corrected chi connectivity index (χ4v) is 1.38. The van der Waals surface area contributed by atoms with E-state index in [0.29, 0.717) is 0 Å². The van der Waals surface area contributed by atoms with E-state index >= 15 is 0 Å². The molecule has 0 saturated heterocycles. The molecule has 0 fully saturated rings. The second kappa shape index (κ2) is 4.71.